The maximum atomic E-state index is 11.5. The molecule has 0 saturated carbocycles. The Morgan fingerprint density at radius 3 is 2.56 bits per heavy atom. The molecule has 5 heteroatoms. The second-order valence-corrected chi connectivity index (χ2v) is 3.94. The summed E-state index contributed by atoms with van der Waals surface area (Å²) in [5.74, 6) is -1.18. The number of nitrogens with zero attached hydrogens (tertiary/aromatic N) is 1. The van der Waals surface area contributed by atoms with Gasteiger partial charge in [0, 0.05) is 35.8 Å². The van der Waals surface area contributed by atoms with Gasteiger partial charge in [0.25, 0.3) is 0 Å². The molecule has 0 spiro atoms. The van der Waals surface area contributed by atoms with E-state index in [4.69, 9.17) is 0 Å². The van der Waals surface area contributed by atoms with Crippen molar-refractivity contribution in [1.29, 1.82) is 0 Å². The van der Waals surface area contributed by atoms with Gasteiger partial charge in [-0.2, -0.15) is 0 Å². The summed E-state index contributed by atoms with van der Waals surface area (Å²) in [5, 5.41) is 0.938. The number of hydrogen-bond acceptors (Lipinski definition) is 3. The van der Waals surface area contributed by atoms with E-state index in [-0.39, 0.29) is 12.4 Å². The van der Waals surface area contributed by atoms with Crippen molar-refractivity contribution in [2.24, 2.45) is 7.05 Å². The van der Waals surface area contributed by atoms with Crippen LogP contribution in [0.4, 0.5) is 0 Å². The number of cyclic esters (lactones) is 2. The highest BCUT2D eigenvalue weighted by Crippen LogP contribution is 2.29. The van der Waals surface area contributed by atoms with Crippen molar-refractivity contribution < 1.29 is 14.3 Å². The van der Waals surface area contributed by atoms with Gasteiger partial charge in [-0.25, -0.2) is 9.59 Å². The Hall–Kier alpha value is -2.07. The lowest BCUT2D eigenvalue weighted by atomic mass is 10.1. The summed E-state index contributed by atoms with van der Waals surface area (Å²) in [4.78, 5) is 22.6. The van der Waals surface area contributed by atoms with Crippen molar-refractivity contribution in [3.8, 4) is 0 Å². The maximum absolute atomic E-state index is 11.5. The van der Waals surface area contributed by atoms with Gasteiger partial charge in [0.2, 0.25) is 0 Å². The molecule has 0 saturated heterocycles. The number of carbonyl (C=O) groups excluding carboxylic acids is 2. The Labute approximate surface area is 109 Å². The second-order valence-electron chi connectivity index (χ2n) is 3.94. The zero-order valence-corrected chi connectivity index (χ0v) is 10.4. The fourth-order valence-electron chi connectivity index (χ4n) is 2.10. The molecule has 2 heterocycles. The van der Waals surface area contributed by atoms with Gasteiger partial charge in [0.05, 0.1) is 5.57 Å². The summed E-state index contributed by atoms with van der Waals surface area (Å²) in [6.45, 7) is 0. The molecule has 1 aromatic carbocycles. The minimum atomic E-state index is -0.599. The van der Waals surface area contributed by atoms with Crippen LogP contribution >= 0.6 is 12.4 Å². The number of para-hydroxylation sites is 1. The summed E-state index contributed by atoms with van der Waals surface area (Å²) in [6.07, 6.45) is 3.07. The van der Waals surface area contributed by atoms with Crippen LogP contribution in [-0.4, -0.2) is 16.5 Å². The van der Waals surface area contributed by atoms with Crippen molar-refractivity contribution in [1.82, 2.24) is 4.57 Å². The van der Waals surface area contributed by atoms with Crippen LogP contribution in [0.15, 0.2) is 36.5 Å². The molecular formula is C13H10ClNO3. The molecule has 0 aliphatic carbocycles. The van der Waals surface area contributed by atoms with Crippen molar-refractivity contribution in [3.63, 3.8) is 0 Å². The fourth-order valence-corrected chi connectivity index (χ4v) is 2.10. The standard InChI is InChI=1S/C13H9NO3.ClH/c1-14-7-10(8-4-2-3-5-11(8)14)9-6-12(15)17-13(9)16;/h2-7H,1H3;1H. The molecule has 92 valence electrons. The molecule has 3 rings (SSSR count). The predicted octanol–water partition coefficient (Wildman–Crippen LogP) is 2.07. The predicted molar refractivity (Wildman–Crippen MR) is 69.2 cm³/mol. The SMILES string of the molecule is Cl.Cn1cc(C2=CC(=O)OC2=O)c2ccccc21. The first kappa shape index (κ1) is 12.4. The second kappa shape index (κ2) is 4.31. The molecule has 0 N–H and O–H groups in total. The molecular weight excluding hydrogens is 254 g/mol. The Bertz CT molecular complexity index is 685. The van der Waals surface area contributed by atoms with Gasteiger partial charge in [-0.15, -0.1) is 12.4 Å². The Morgan fingerprint density at radius 2 is 1.89 bits per heavy atom. The third-order valence-corrected chi connectivity index (χ3v) is 2.86. The van der Waals surface area contributed by atoms with E-state index < -0.39 is 11.9 Å². The molecule has 18 heavy (non-hydrogen) atoms. The number of aromatic nitrogens is 1. The zero-order chi connectivity index (χ0) is 12.0. The average Bonchev–Trinajstić information content (AvgIpc) is 2.80. The fraction of sp³-hybridized carbons (Fsp3) is 0.0769. The van der Waals surface area contributed by atoms with E-state index in [1.54, 1.807) is 0 Å². The van der Waals surface area contributed by atoms with E-state index in [0.717, 1.165) is 16.5 Å². The lowest BCUT2D eigenvalue weighted by molar-refractivity contribution is -0.149. The van der Waals surface area contributed by atoms with Gasteiger partial charge in [-0.05, 0) is 6.07 Å². The highest BCUT2D eigenvalue weighted by Gasteiger charge is 2.27. The van der Waals surface area contributed by atoms with Gasteiger partial charge in [0.1, 0.15) is 0 Å². The molecule has 0 unspecified atom stereocenters. The molecule has 1 aliphatic heterocycles. The van der Waals surface area contributed by atoms with Gasteiger partial charge >= 0.3 is 11.9 Å². The van der Waals surface area contributed by atoms with Gasteiger partial charge < -0.3 is 9.30 Å². The van der Waals surface area contributed by atoms with E-state index in [1.165, 1.54) is 6.08 Å². The Kier molecular flexibility index (Phi) is 2.97. The van der Waals surface area contributed by atoms with Crippen LogP contribution in [-0.2, 0) is 21.4 Å². The Balaban J connectivity index is 0.00000120. The smallest absolute Gasteiger partial charge is 0.346 e. The highest BCUT2D eigenvalue weighted by atomic mass is 35.5. The third-order valence-electron chi connectivity index (χ3n) is 2.86. The molecule has 4 nitrogen and oxygen atoms in total. The van der Waals surface area contributed by atoms with Crippen LogP contribution < -0.4 is 0 Å². The first-order chi connectivity index (χ1) is 8.16. The largest absolute Gasteiger partial charge is 0.386 e. The van der Waals surface area contributed by atoms with Gasteiger partial charge in [-0.1, -0.05) is 18.2 Å². The number of rotatable bonds is 1. The number of esters is 2. The quantitative estimate of drug-likeness (QED) is 0.585. The molecule has 0 fully saturated rings. The summed E-state index contributed by atoms with van der Waals surface area (Å²) in [7, 11) is 1.90. The molecule has 1 aliphatic rings. The van der Waals surface area contributed by atoms with Crippen LogP contribution in [0.2, 0.25) is 0 Å². The van der Waals surface area contributed by atoms with E-state index in [1.807, 2.05) is 42.1 Å². The van der Waals surface area contributed by atoms with Crippen LogP contribution in [0.5, 0.6) is 0 Å². The topological polar surface area (TPSA) is 48.3 Å². The van der Waals surface area contributed by atoms with Crippen LogP contribution in [0.1, 0.15) is 5.56 Å². The first-order valence-electron chi connectivity index (χ1n) is 5.19. The molecule has 1 aromatic heterocycles. The van der Waals surface area contributed by atoms with Crippen molar-refractivity contribution in [3.05, 3.63) is 42.1 Å². The Morgan fingerprint density at radius 1 is 1.17 bits per heavy atom. The number of ether oxygens (including phenoxy) is 1. The summed E-state index contributed by atoms with van der Waals surface area (Å²) < 4.78 is 6.42. The van der Waals surface area contributed by atoms with Gasteiger partial charge in [0.15, 0.2) is 0 Å². The van der Waals surface area contributed by atoms with Crippen molar-refractivity contribution >= 4 is 40.8 Å². The van der Waals surface area contributed by atoms with E-state index in [2.05, 4.69) is 4.74 Å². The third kappa shape index (κ3) is 1.71. The summed E-state index contributed by atoms with van der Waals surface area (Å²) >= 11 is 0. The minimum Gasteiger partial charge on any atom is -0.386 e. The van der Waals surface area contributed by atoms with Gasteiger partial charge in [-0.3, -0.25) is 0 Å². The minimum absolute atomic E-state index is 0. The number of carbonyl (C=O) groups is 2. The highest BCUT2D eigenvalue weighted by molar-refractivity contribution is 6.30. The lowest BCUT2D eigenvalue weighted by Crippen LogP contribution is -2.01. The summed E-state index contributed by atoms with van der Waals surface area (Å²) in [6, 6.07) is 7.70. The summed E-state index contributed by atoms with van der Waals surface area (Å²) in [5.41, 5.74) is 2.07. The molecule has 2 aromatic rings. The van der Waals surface area contributed by atoms with Crippen LogP contribution in [0.3, 0.4) is 0 Å². The maximum Gasteiger partial charge on any atom is 0.346 e. The number of aryl methyl sites for hydroxylation is 1. The van der Waals surface area contributed by atoms with E-state index in [9.17, 15) is 9.59 Å². The molecule has 0 radical (unpaired) electrons. The van der Waals surface area contributed by atoms with Crippen molar-refractivity contribution in [2.75, 3.05) is 0 Å². The van der Waals surface area contributed by atoms with E-state index in [0.29, 0.717) is 5.57 Å². The molecule has 0 amide bonds. The lowest BCUT2D eigenvalue weighted by Gasteiger charge is -1.96. The van der Waals surface area contributed by atoms with Crippen LogP contribution in [0.25, 0.3) is 16.5 Å². The number of benzene rings is 1. The van der Waals surface area contributed by atoms with Crippen molar-refractivity contribution in [2.45, 2.75) is 0 Å². The molecule has 0 atom stereocenters. The normalized spacial score (nSPS) is 14.4. The zero-order valence-electron chi connectivity index (χ0n) is 9.54. The number of halogens is 1. The van der Waals surface area contributed by atoms with Crippen LogP contribution in [0, 0.1) is 0 Å². The average molecular weight is 264 g/mol. The molecule has 0 bridgehead atoms. The number of hydrogen-bond donors (Lipinski definition) is 0. The number of fused-ring (bicyclic) bond motifs is 1. The van der Waals surface area contributed by atoms with E-state index >= 15 is 0 Å². The first-order valence-corrected chi connectivity index (χ1v) is 5.19. The monoisotopic (exact) mass is 263 g/mol.